The first-order valence-corrected chi connectivity index (χ1v) is 6.99. The summed E-state index contributed by atoms with van der Waals surface area (Å²) in [6.45, 7) is 2.42. The van der Waals surface area contributed by atoms with Crippen LogP contribution < -0.4 is 15.8 Å². The Morgan fingerprint density at radius 2 is 2.00 bits per heavy atom. The van der Waals surface area contributed by atoms with E-state index in [1.165, 1.54) is 24.3 Å². The fraction of sp³-hybridized carbons (Fsp3) is 0.357. The highest BCUT2D eigenvalue weighted by atomic mass is 127. The molecule has 25 heavy (non-hydrogen) atoms. The van der Waals surface area contributed by atoms with Crippen molar-refractivity contribution in [1.29, 1.82) is 0 Å². The normalized spacial score (nSPS) is 11.8. The number of alkyl halides is 3. The van der Waals surface area contributed by atoms with Gasteiger partial charge in [0.25, 0.3) is 0 Å². The average Bonchev–Trinajstić information content (AvgIpc) is 2.90. The van der Waals surface area contributed by atoms with Crippen molar-refractivity contribution in [2.24, 2.45) is 10.7 Å². The zero-order valence-corrected chi connectivity index (χ0v) is 15.5. The van der Waals surface area contributed by atoms with Crippen LogP contribution >= 0.6 is 24.0 Å². The number of nitrogens with two attached hydrogens (primary N) is 1. The van der Waals surface area contributed by atoms with Gasteiger partial charge in [-0.3, -0.25) is 0 Å². The van der Waals surface area contributed by atoms with Crippen LogP contribution in [-0.2, 0) is 13.0 Å². The van der Waals surface area contributed by atoms with E-state index in [1.807, 2.05) is 0 Å². The molecule has 0 aliphatic heterocycles. The van der Waals surface area contributed by atoms with Crippen molar-refractivity contribution < 1.29 is 22.4 Å². The summed E-state index contributed by atoms with van der Waals surface area (Å²) >= 11 is 0. The van der Waals surface area contributed by atoms with Crippen molar-refractivity contribution in [3.05, 3.63) is 41.5 Å². The zero-order valence-electron chi connectivity index (χ0n) is 13.2. The summed E-state index contributed by atoms with van der Waals surface area (Å²) in [6.07, 6.45) is -4.20. The predicted molar refractivity (Wildman–Crippen MR) is 94.6 cm³/mol. The van der Waals surface area contributed by atoms with Gasteiger partial charge in [0.2, 0.25) is 5.89 Å². The Morgan fingerprint density at radius 1 is 1.32 bits per heavy atom. The standard InChI is InChI=1S/C14H16F3N5O2.HI/c1-9-21-12(24-22-9)6-7-19-13(18)20-8-10-2-4-11(5-3-10)23-14(15,16)17;/h2-5H,6-8H2,1H3,(H3,18,19,20);1H. The molecule has 0 unspecified atom stereocenters. The first kappa shape index (κ1) is 21.0. The van der Waals surface area contributed by atoms with E-state index < -0.39 is 6.36 Å². The van der Waals surface area contributed by atoms with Gasteiger partial charge in [0, 0.05) is 13.0 Å². The van der Waals surface area contributed by atoms with E-state index >= 15 is 0 Å². The number of hydrogen-bond acceptors (Lipinski definition) is 5. The maximum Gasteiger partial charge on any atom is 0.573 e. The Bertz CT molecular complexity index is 689. The molecule has 7 nitrogen and oxygen atoms in total. The van der Waals surface area contributed by atoms with Gasteiger partial charge in [0.1, 0.15) is 5.75 Å². The van der Waals surface area contributed by atoms with Crippen LogP contribution in [0.1, 0.15) is 17.3 Å². The summed E-state index contributed by atoms with van der Waals surface area (Å²) < 4.78 is 44.9. The number of halogens is 4. The zero-order chi connectivity index (χ0) is 17.6. The molecular weight excluding hydrogens is 454 g/mol. The summed E-state index contributed by atoms with van der Waals surface area (Å²) in [5.41, 5.74) is 6.40. The summed E-state index contributed by atoms with van der Waals surface area (Å²) in [5.74, 6) is 0.982. The lowest BCUT2D eigenvalue weighted by molar-refractivity contribution is -0.274. The predicted octanol–water partition coefficient (Wildman–Crippen LogP) is 2.54. The van der Waals surface area contributed by atoms with Gasteiger partial charge < -0.3 is 20.3 Å². The van der Waals surface area contributed by atoms with Gasteiger partial charge in [0.15, 0.2) is 11.8 Å². The molecule has 0 fully saturated rings. The molecule has 1 aromatic heterocycles. The number of benzene rings is 1. The number of nitrogens with zero attached hydrogens (tertiary/aromatic N) is 3. The summed E-state index contributed by atoms with van der Waals surface area (Å²) in [6, 6.07) is 5.41. The summed E-state index contributed by atoms with van der Waals surface area (Å²) in [5, 5.41) is 6.54. The largest absolute Gasteiger partial charge is 0.573 e. The third-order valence-corrected chi connectivity index (χ3v) is 2.80. The molecular formula is C14H17F3IN5O2. The Morgan fingerprint density at radius 3 is 2.56 bits per heavy atom. The van der Waals surface area contributed by atoms with Gasteiger partial charge in [-0.1, -0.05) is 17.3 Å². The summed E-state index contributed by atoms with van der Waals surface area (Å²) in [7, 11) is 0. The highest BCUT2D eigenvalue weighted by molar-refractivity contribution is 14.0. The van der Waals surface area contributed by atoms with Crippen molar-refractivity contribution in [1.82, 2.24) is 15.5 Å². The van der Waals surface area contributed by atoms with Crippen LogP contribution in [0.3, 0.4) is 0 Å². The number of aryl methyl sites for hydroxylation is 1. The van der Waals surface area contributed by atoms with Crippen molar-refractivity contribution in [3.63, 3.8) is 0 Å². The number of hydrogen-bond donors (Lipinski definition) is 2. The molecule has 1 heterocycles. The Kier molecular flexibility index (Phi) is 7.93. The van der Waals surface area contributed by atoms with Crippen LogP contribution in [0.2, 0.25) is 0 Å². The van der Waals surface area contributed by atoms with E-state index in [0.29, 0.717) is 30.2 Å². The molecule has 2 aromatic rings. The fourth-order valence-corrected chi connectivity index (χ4v) is 1.77. The smallest absolute Gasteiger partial charge is 0.406 e. The van der Waals surface area contributed by atoms with Crippen LogP contribution in [-0.4, -0.2) is 29.0 Å². The molecule has 3 N–H and O–H groups in total. The van der Waals surface area contributed by atoms with Gasteiger partial charge >= 0.3 is 6.36 Å². The molecule has 0 aliphatic rings. The Balaban J connectivity index is 0.00000312. The number of aliphatic imine (C=N–C) groups is 1. The van der Waals surface area contributed by atoms with Gasteiger partial charge in [-0.15, -0.1) is 37.1 Å². The Labute approximate surface area is 158 Å². The second-order valence-corrected chi connectivity index (χ2v) is 4.81. The molecule has 0 bridgehead atoms. The molecule has 2 rings (SSSR count). The minimum atomic E-state index is -4.70. The SMILES string of the molecule is Cc1noc(CCNC(N)=NCc2ccc(OC(F)(F)F)cc2)n1.I. The van der Waals surface area contributed by atoms with Crippen molar-refractivity contribution in [2.75, 3.05) is 6.54 Å². The quantitative estimate of drug-likeness (QED) is 0.382. The second-order valence-electron chi connectivity index (χ2n) is 4.81. The highest BCUT2D eigenvalue weighted by Crippen LogP contribution is 2.22. The van der Waals surface area contributed by atoms with Gasteiger partial charge in [-0.05, 0) is 24.6 Å². The van der Waals surface area contributed by atoms with Crippen molar-refractivity contribution in [3.8, 4) is 5.75 Å². The van der Waals surface area contributed by atoms with Crippen LogP contribution in [0.15, 0.2) is 33.8 Å². The lowest BCUT2D eigenvalue weighted by Crippen LogP contribution is -2.33. The fourth-order valence-electron chi connectivity index (χ4n) is 1.77. The summed E-state index contributed by atoms with van der Waals surface area (Å²) in [4.78, 5) is 8.13. The highest BCUT2D eigenvalue weighted by Gasteiger charge is 2.30. The number of nitrogens with one attached hydrogen (secondary N) is 1. The van der Waals surface area contributed by atoms with Crippen LogP contribution in [0.5, 0.6) is 5.75 Å². The first-order chi connectivity index (χ1) is 11.3. The first-order valence-electron chi connectivity index (χ1n) is 6.99. The van der Waals surface area contributed by atoms with E-state index in [0.717, 1.165) is 0 Å². The van der Waals surface area contributed by atoms with Gasteiger partial charge in [-0.2, -0.15) is 4.98 Å². The van der Waals surface area contributed by atoms with E-state index in [-0.39, 0.29) is 42.2 Å². The van der Waals surface area contributed by atoms with Crippen LogP contribution in [0.25, 0.3) is 0 Å². The minimum absolute atomic E-state index is 0. The van der Waals surface area contributed by atoms with Crippen molar-refractivity contribution >= 4 is 29.9 Å². The number of aromatic nitrogens is 2. The Hall–Kier alpha value is -2.05. The molecule has 0 saturated carbocycles. The minimum Gasteiger partial charge on any atom is -0.406 e. The molecule has 0 radical (unpaired) electrons. The third kappa shape index (κ3) is 8.05. The second kappa shape index (κ2) is 9.44. The van der Waals surface area contributed by atoms with Crippen LogP contribution in [0.4, 0.5) is 13.2 Å². The number of ether oxygens (including phenoxy) is 1. The molecule has 0 spiro atoms. The van der Waals surface area contributed by atoms with E-state index in [1.54, 1.807) is 6.92 Å². The lowest BCUT2D eigenvalue weighted by Gasteiger charge is -2.09. The number of rotatable bonds is 6. The van der Waals surface area contributed by atoms with E-state index in [4.69, 9.17) is 10.3 Å². The molecule has 11 heteroatoms. The average molecular weight is 471 g/mol. The van der Waals surface area contributed by atoms with Crippen molar-refractivity contribution in [2.45, 2.75) is 26.3 Å². The third-order valence-electron chi connectivity index (χ3n) is 2.80. The topological polar surface area (TPSA) is 98.6 Å². The monoisotopic (exact) mass is 471 g/mol. The lowest BCUT2D eigenvalue weighted by atomic mass is 10.2. The maximum absolute atomic E-state index is 12.1. The molecule has 138 valence electrons. The molecule has 0 saturated heterocycles. The molecule has 0 aliphatic carbocycles. The van der Waals surface area contributed by atoms with Gasteiger partial charge in [-0.25, -0.2) is 4.99 Å². The van der Waals surface area contributed by atoms with E-state index in [9.17, 15) is 13.2 Å². The molecule has 0 atom stereocenters. The maximum atomic E-state index is 12.1. The molecule has 0 amide bonds. The van der Waals surface area contributed by atoms with Crippen LogP contribution in [0, 0.1) is 6.92 Å². The van der Waals surface area contributed by atoms with Gasteiger partial charge in [0.05, 0.1) is 6.54 Å². The van der Waals surface area contributed by atoms with E-state index in [2.05, 4.69) is 25.2 Å². The number of guanidine groups is 1. The molecule has 1 aromatic carbocycles.